The van der Waals surface area contributed by atoms with Crippen LogP contribution in [0.15, 0.2) is 12.1 Å². The van der Waals surface area contributed by atoms with Crippen LogP contribution in [0.3, 0.4) is 0 Å². The van der Waals surface area contributed by atoms with E-state index in [1.807, 2.05) is 0 Å². The number of aryl methyl sites for hydroxylation is 2. The molecule has 1 atom stereocenters. The van der Waals surface area contributed by atoms with Gasteiger partial charge < -0.3 is 15.0 Å². The molecule has 1 N–H and O–H groups in total. The van der Waals surface area contributed by atoms with Gasteiger partial charge in [-0.25, -0.2) is 0 Å². The largest absolute Gasteiger partial charge is 0.381 e. The SMILES string of the molecule is Cc1cc2c(cc1C)N1CCOCC1CN2. The molecule has 0 bridgehead atoms. The molecule has 0 aliphatic carbocycles. The molecule has 1 aromatic carbocycles. The van der Waals surface area contributed by atoms with E-state index in [2.05, 4.69) is 36.2 Å². The Hall–Kier alpha value is -1.22. The van der Waals surface area contributed by atoms with Crippen molar-refractivity contribution in [2.45, 2.75) is 19.9 Å². The summed E-state index contributed by atoms with van der Waals surface area (Å²) in [5, 5.41) is 3.51. The van der Waals surface area contributed by atoms with Crippen molar-refractivity contribution in [2.75, 3.05) is 36.5 Å². The summed E-state index contributed by atoms with van der Waals surface area (Å²) in [6.07, 6.45) is 0. The van der Waals surface area contributed by atoms with Crippen molar-refractivity contribution < 1.29 is 4.74 Å². The Balaban J connectivity index is 2.04. The van der Waals surface area contributed by atoms with Gasteiger partial charge in [0, 0.05) is 13.1 Å². The summed E-state index contributed by atoms with van der Waals surface area (Å²) in [6, 6.07) is 5.06. The number of benzene rings is 1. The minimum absolute atomic E-state index is 0.503. The molecule has 86 valence electrons. The molecule has 0 saturated carbocycles. The average Bonchev–Trinajstić information content (AvgIpc) is 2.31. The molecule has 3 heteroatoms. The van der Waals surface area contributed by atoms with Crippen LogP contribution in [0.5, 0.6) is 0 Å². The van der Waals surface area contributed by atoms with Gasteiger partial charge in [0.05, 0.1) is 30.6 Å². The van der Waals surface area contributed by atoms with Crippen molar-refractivity contribution in [3.63, 3.8) is 0 Å². The van der Waals surface area contributed by atoms with Gasteiger partial charge in [-0.1, -0.05) is 0 Å². The fourth-order valence-corrected chi connectivity index (χ4v) is 2.55. The Morgan fingerprint density at radius 1 is 1.31 bits per heavy atom. The summed E-state index contributed by atoms with van der Waals surface area (Å²) in [6.45, 7) is 8.06. The van der Waals surface area contributed by atoms with E-state index in [1.54, 1.807) is 0 Å². The Bertz CT molecular complexity index is 417. The van der Waals surface area contributed by atoms with Gasteiger partial charge >= 0.3 is 0 Å². The summed E-state index contributed by atoms with van der Waals surface area (Å²) in [5.74, 6) is 0. The van der Waals surface area contributed by atoms with Gasteiger partial charge in [-0.3, -0.25) is 0 Å². The first kappa shape index (κ1) is 9.97. The number of ether oxygens (including phenoxy) is 1. The fraction of sp³-hybridized carbons (Fsp3) is 0.538. The van der Waals surface area contributed by atoms with Gasteiger partial charge in [0.1, 0.15) is 0 Å². The zero-order valence-corrected chi connectivity index (χ0v) is 9.92. The van der Waals surface area contributed by atoms with Gasteiger partial charge in [-0.2, -0.15) is 0 Å². The molecule has 1 fully saturated rings. The third-order valence-corrected chi connectivity index (χ3v) is 3.68. The van der Waals surface area contributed by atoms with Gasteiger partial charge in [0.2, 0.25) is 0 Å². The standard InChI is InChI=1S/C13H18N2O/c1-9-5-12-13(6-10(9)2)15-3-4-16-8-11(15)7-14-12/h5-6,11,14H,3-4,7-8H2,1-2H3. The number of nitrogens with one attached hydrogen (secondary N) is 1. The molecular weight excluding hydrogens is 200 g/mol. The van der Waals surface area contributed by atoms with E-state index in [0.717, 1.165) is 26.3 Å². The average molecular weight is 218 g/mol. The molecule has 3 rings (SSSR count). The maximum atomic E-state index is 5.53. The first-order valence-corrected chi connectivity index (χ1v) is 5.95. The van der Waals surface area contributed by atoms with Gasteiger partial charge in [-0.05, 0) is 37.1 Å². The van der Waals surface area contributed by atoms with Crippen LogP contribution in [0, 0.1) is 13.8 Å². The van der Waals surface area contributed by atoms with E-state index in [9.17, 15) is 0 Å². The second kappa shape index (κ2) is 3.67. The van der Waals surface area contributed by atoms with Crippen molar-refractivity contribution in [3.8, 4) is 0 Å². The number of hydrogen-bond donors (Lipinski definition) is 1. The highest BCUT2D eigenvalue weighted by molar-refractivity contribution is 5.75. The monoisotopic (exact) mass is 218 g/mol. The molecule has 0 aromatic heterocycles. The third-order valence-electron chi connectivity index (χ3n) is 3.68. The van der Waals surface area contributed by atoms with Crippen molar-refractivity contribution in [1.82, 2.24) is 0 Å². The predicted molar refractivity (Wildman–Crippen MR) is 66.4 cm³/mol. The van der Waals surface area contributed by atoms with Gasteiger partial charge in [-0.15, -0.1) is 0 Å². The predicted octanol–water partition coefficient (Wildman–Crippen LogP) is 1.93. The smallest absolute Gasteiger partial charge is 0.0697 e. The number of fused-ring (bicyclic) bond motifs is 3. The van der Waals surface area contributed by atoms with Crippen molar-refractivity contribution >= 4 is 11.4 Å². The van der Waals surface area contributed by atoms with Crippen molar-refractivity contribution in [2.24, 2.45) is 0 Å². The quantitative estimate of drug-likeness (QED) is 0.720. The van der Waals surface area contributed by atoms with E-state index in [4.69, 9.17) is 4.74 Å². The van der Waals surface area contributed by atoms with Gasteiger partial charge in [0.25, 0.3) is 0 Å². The lowest BCUT2D eigenvalue weighted by atomic mass is 10.0. The van der Waals surface area contributed by atoms with Gasteiger partial charge in [0.15, 0.2) is 0 Å². The summed E-state index contributed by atoms with van der Waals surface area (Å²) >= 11 is 0. The van der Waals surface area contributed by atoms with Crippen LogP contribution in [0.2, 0.25) is 0 Å². The van der Waals surface area contributed by atoms with Crippen LogP contribution < -0.4 is 10.2 Å². The zero-order chi connectivity index (χ0) is 11.1. The van der Waals surface area contributed by atoms with Crippen LogP contribution >= 0.6 is 0 Å². The normalized spacial score (nSPS) is 23.4. The first-order chi connectivity index (χ1) is 7.75. The number of hydrogen-bond acceptors (Lipinski definition) is 3. The van der Waals surface area contributed by atoms with Crippen molar-refractivity contribution in [3.05, 3.63) is 23.3 Å². The number of nitrogens with zero attached hydrogens (tertiary/aromatic N) is 1. The lowest BCUT2D eigenvalue weighted by Gasteiger charge is -2.42. The second-order valence-electron chi connectivity index (χ2n) is 4.76. The molecule has 1 unspecified atom stereocenters. The second-order valence-corrected chi connectivity index (χ2v) is 4.76. The van der Waals surface area contributed by atoms with Crippen LogP contribution in [0.4, 0.5) is 11.4 Å². The van der Waals surface area contributed by atoms with Crippen LogP contribution in [0.1, 0.15) is 11.1 Å². The Morgan fingerprint density at radius 3 is 3.00 bits per heavy atom. The molecule has 16 heavy (non-hydrogen) atoms. The zero-order valence-electron chi connectivity index (χ0n) is 9.92. The van der Waals surface area contributed by atoms with E-state index < -0.39 is 0 Å². The Morgan fingerprint density at radius 2 is 2.12 bits per heavy atom. The molecular formula is C13H18N2O. The van der Waals surface area contributed by atoms with Crippen LogP contribution in [-0.4, -0.2) is 32.3 Å². The van der Waals surface area contributed by atoms with E-state index >= 15 is 0 Å². The number of morpholine rings is 1. The van der Waals surface area contributed by atoms with Crippen molar-refractivity contribution in [1.29, 1.82) is 0 Å². The molecule has 1 saturated heterocycles. The molecule has 0 radical (unpaired) electrons. The summed E-state index contributed by atoms with van der Waals surface area (Å²) in [4.78, 5) is 2.49. The fourth-order valence-electron chi connectivity index (χ4n) is 2.55. The van der Waals surface area contributed by atoms with E-state index in [1.165, 1.54) is 22.5 Å². The highest BCUT2D eigenvalue weighted by Crippen LogP contribution is 2.34. The minimum Gasteiger partial charge on any atom is -0.381 e. The lowest BCUT2D eigenvalue weighted by molar-refractivity contribution is 0.0964. The number of anilines is 2. The Kier molecular flexibility index (Phi) is 2.28. The molecule has 2 aliphatic heterocycles. The minimum atomic E-state index is 0.503. The Labute approximate surface area is 96.4 Å². The summed E-state index contributed by atoms with van der Waals surface area (Å²) < 4.78 is 5.53. The molecule has 2 heterocycles. The van der Waals surface area contributed by atoms with E-state index in [-0.39, 0.29) is 0 Å². The maximum Gasteiger partial charge on any atom is 0.0697 e. The third kappa shape index (κ3) is 1.47. The topological polar surface area (TPSA) is 24.5 Å². The summed E-state index contributed by atoms with van der Waals surface area (Å²) in [5.41, 5.74) is 5.36. The highest BCUT2D eigenvalue weighted by atomic mass is 16.5. The number of rotatable bonds is 0. The molecule has 0 amide bonds. The first-order valence-electron chi connectivity index (χ1n) is 5.95. The highest BCUT2D eigenvalue weighted by Gasteiger charge is 2.28. The van der Waals surface area contributed by atoms with E-state index in [0.29, 0.717) is 6.04 Å². The molecule has 2 aliphatic rings. The molecule has 1 aromatic rings. The van der Waals surface area contributed by atoms with Crippen LogP contribution in [0.25, 0.3) is 0 Å². The lowest BCUT2D eigenvalue weighted by Crippen LogP contribution is -2.51. The maximum absolute atomic E-state index is 5.53. The molecule has 3 nitrogen and oxygen atoms in total. The van der Waals surface area contributed by atoms with Crippen LogP contribution in [-0.2, 0) is 4.74 Å². The summed E-state index contributed by atoms with van der Waals surface area (Å²) in [7, 11) is 0. The molecule has 0 spiro atoms.